The number of carbonyl (C=O) groups excluding carboxylic acids is 1. The number of carbonyl (C=O) groups is 1. The summed E-state index contributed by atoms with van der Waals surface area (Å²) in [7, 11) is 0. The van der Waals surface area contributed by atoms with E-state index in [1.54, 1.807) is 36.1 Å². The number of morpholine rings is 1. The molecule has 0 saturated carbocycles. The number of H-pyrrole nitrogens is 1. The molecule has 2 aromatic heterocycles. The molecule has 0 spiro atoms. The monoisotopic (exact) mass is 470 g/mol. The molecule has 7 nitrogen and oxygen atoms in total. The third kappa shape index (κ3) is 4.28. The summed E-state index contributed by atoms with van der Waals surface area (Å²) < 4.78 is 51.9. The first-order valence-corrected chi connectivity index (χ1v) is 10.8. The fourth-order valence-corrected chi connectivity index (χ4v) is 4.14. The number of halogens is 3. The van der Waals surface area contributed by atoms with Crippen LogP contribution >= 0.6 is 0 Å². The number of aromatic amines is 1. The topological polar surface area (TPSA) is 84.2 Å². The van der Waals surface area contributed by atoms with Gasteiger partial charge < -0.3 is 19.1 Å². The molecule has 1 N–H and O–H groups in total. The molecule has 1 saturated heterocycles. The quantitative estimate of drug-likeness (QED) is 0.422. The second kappa shape index (κ2) is 8.60. The minimum Gasteiger partial charge on any atom is -0.378 e. The number of anilines is 1. The first-order chi connectivity index (χ1) is 16.3. The number of ketones is 1. The van der Waals surface area contributed by atoms with E-state index in [0.29, 0.717) is 60.0 Å². The normalized spacial score (nSPS) is 14.6. The van der Waals surface area contributed by atoms with Crippen molar-refractivity contribution in [1.82, 2.24) is 15.1 Å². The maximum Gasteiger partial charge on any atom is 0.418 e. The number of fused-ring (bicyclic) bond motifs is 1. The number of hydrogen-bond acceptors (Lipinski definition) is 6. The summed E-state index contributed by atoms with van der Waals surface area (Å²) in [6, 6.07) is 9.54. The lowest BCUT2D eigenvalue weighted by molar-refractivity contribution is -0.137. The van der Waals surface area contributed by atoms with Gasteiger partial charge in [-0.2, -0.15) is 13.2 Å². The van der Waals surface area contributed by atoms with Crippen molar-refractivity contribution in [2.75, 3.05) is 31.2 Å². The summed E-state index contributed by atoms with van der Waals surface area (Å²) in [6.45, 7) is 3.27. The lowest BCUT2D eigenvalue weighted by atomic mass is 10.0. The van der Waals surface area contributed by atoms with Crippen LogP contribution in [0, 0.1) is 6.92 Å². The van der Waals surface area contributed by atoms with Gasteiger partial charge in [-0.1, -0.05) is 11.2 Å². The highest BCUT2D eigenvalue weighted by molar-refractivity contribution is 5.98. The van der Waals surface area contributed by atoms with E-state index in [9.17, 15) is 18.0 Å². The Morgan fingerprint density at radius 1 is 1.15 bits per heavy atom. The van der Waals surface area contributed by atoms with Gasteiger partial charge in [0.1, 0.15) is 11.6 Å². The molecule has 0 bridgehead atoms. The smallest absolute Gasteiger partial charge is 0.378 e. The summed E-state index contributed by atoms with van der Waals surface area (Å²) in [4.78, 5) is 21.8. The van der Waals surface area contributed by atoms with E-state index >= 15 is 0 Å². The Morgan fingerprint density at radius 3 is 2.65 bits per heavy atom. The van der Waals surface area contributed by atoms with E-state index in [0.717, 1.165) is 11.6 Å². The third-order valence-corrected chi connectivity index (χ3v) is 5.89. The lowest BCUT2D eigenvalue weighted by Gasteiger charge is -2.31. The van der Waals surface area contributed by atoms with E-state index < -0.39 is 11.7 Å². The van der Waals surface area contributed by atoms with Crippen LogP contribution in [0.1, 0.15) is 27.2 Å². The maximum absolute atomic E-state index is 13.9. The van der Waals surface area contributed by atoms with Gasteiger partial charge in [0.2, 0.25) is 0 Å². The molecule has 0 amide bonds. The Balaban J connectivity index is 1.45. The number of rotatable bonds is 5. The fourth-order valence-electron chi connectivity index (χ4n) is 4.14. The van der Waals surface area contributed by atoms with Crippen molar-refractivity contribution in [3.8, 4) is 11.4 Å². The largest absolute Gasteiger partial charge is 0.418 e. The standard InChI is InChI=1S/C24H21F3N4O3/c1-14-17(13-28-34-14)22(32)11-15-2-4-19-20(10-15)30-23(29-19)16-3-5-21(18(12-16)24(25,26)27)31-6-8-33-9-7-31/h2-5,10,12-13H,6-9,11H2,1H3,(H,29,30). The van der Waals surface area contributed by atoms with Gasteiger partial charge in [0.05, 0.1) is 41.6 Å². The Bertz CT molecular complexity index is 1350. The van der Waals surface area contributed by atoms with Crippen LogP contribution in [-0.2, 0) is 17.3 Å². The highest BCUT2D eigenvalue weighted by atomic mass is 19.4. The maximum atomic E-state index is 13.9. The molecule has 0 radical (unpaired) electrons. The number of alkyl halides is 3. The van der Waals surface area contributed by atoms with Crippen LogP contribution in [-0.4, -0.2) is 47.2 Å². The number of Topliss-reactive ketones (excluding diaryl/α,β-unsaturated/α-hetero) is 1. The predicted octanol–water partition coefficient (Wildman–Crippen LogP) is 4.81. The zero-order valence-electron chi connectivity index (χ0n) is 18.3. The number of nitrogens with one attached hydrogen (secondary N) is 1. The van der Waals surface area contributed by atoms with E-state index in [1.165, 1.54) is 12.3 Å². The Morgan fingerprint density at radius 2 is 1.94 bits per heavy atom. The molecule has 0 atom stereocenters. The Labute approximate surface area is 192 Å². The van der Waals surface area contributed by atoms with Crippen molar-refractivity contribution in [3.63, 3.8) is 0 Å². The van der Waals surface area contributed by atoms with Gasteiger partial charge in [0.15, 0.2) is 5.78 Å². The van der Waals surface area contributed by atoms with Crippen molar-refractivity contribution in [1.29, 1.82) is 0 Å². The van der Waals surface area contributed by atoms with Gasteiger partial charge in [-0.05, 0) is 42.8 Å². The van der Waals surface area contributed by atoms with Crippen LogP contribution in [0.25, 0.3) is 22.4 Å². The molecule has 0 unspecified atom stereocenters. The highest BCUT2D eigenvalue weighted by Crippen LogP contribution is 2.39. The fraction of sp³-hybridized carbons (Fsp3) is 0.292. The molecule has 1 fully saturated rings. The number of hydrogen-bond donors (Lipinski definition) is 1. The van der Waals surface area contributed by atoms with Crippen molar-refractivity contribution in [3.05, 3.63) is 65.0 Å². The molecule has 176 valence electrons. The summed E-state index contributed by atoms with van der Waals surface area (Å²) in [5.41, 5.74) is 2.16. The number of imidazole rings is 1. The van der Waals surface area contributed by atoms with Crippen molar-refractivity contribution >= 4 is 22.5 Å². The van der Waals surface area contributed by atoms with Crippen molar-refractivity contribution in [2.24, 2.45) is 0 Å². The van der Waals surface area contributed by atoms with Crippen LogP contribution in [0.3, 0.4) is 0 Å². The van der Waals surface area contributed by atoms with Crippen LogP contribution in [0.15, 0.2) is 47.1 Å². The average Bonchev–Trinajstić information content (AvgIpc) is 3.44. The van der Waals surface area contributed by atoms with E-state index in [1.807, 2.05) is 0 Å². The van der Waals surface area contributed by atoms with Crippen LogP contribution in [0.2, 0.25) is 0 Å². The number of aryl methyl sites for hydroxylation is 1. The second-order valence-electron chi connectivity index (χ2n) is 8.16. The molecule has 0 aliphatic carbocycles. The highest BCUT2D eigenvalue weighted by Gasteiger charge is 2.36. The molecular formula is C24H21F3N4O3. The molecule has 10 heteroatoms. The van der Waals surface area contributed by atoms with Gasteiger partial charge in [-0.25, -0.2) is 4.98 Å². The molecule has 2 aromatic carbocycles. The Hall–Kier alpha value is -3.66. The molecule has 3 heterocycles. The second-order valence-corrected chi connectivity index (χ2v) is 8.16. The molecule has 5 rings (SSSR count). The lowest BCUT2D eigenvalue weighted by Crippen LogP contribution is -2.37. The van der Waals surface area contributed by atoms with Gasteiger partial charge in [-0.3, -0.25) is 4.79 Å². The zero-order chi connectivity index (χ0) is 23.9. The van der Waals surface area contributed by atoms with E-state index in [2.05, 4.69) is 15.1 Å². The molecule has 4 aromatic rings. The van der Waals surface area contributed by atoms with Crippen LogP contribution < -0.4 is 4.90 Å². The predicted molar refractivity (Wildman–Crippen MR) is 119 cm³/mol. The minimum absolute atomic E-state index is 0.133. The summed E-state index contributed by atoms with van der Waals surface area (Å²) >= 11 is 0. The number of ether oxygens (including phenoxy) is 1. The van der Waals surface area contributed by atoms with Gasteiger partial charge in [0.25, 0.3) is 0 Å². The number of aromatic nitrogens is 3. The summed E-state index contributed by atoms with van der Waals surface area (Å²) in [5.74, 6) is 0.648. The molecular weight excluding hydrogens is 449 g/mol. The van der Waals surface area contributed by atoms with E-state index in [4.69, 9.17) is 9.26 Å². The molecule has 1 aliphatic rings. The molecule has 34 heavy (non-hydrogen) atoms. The minimum atomic E-state index is -4.51. The average molecular weight is 470 g/mol. The zero-order valence-corrected chi connectivity index (χ0v) is 18.3. The summed E-state index contributed by atoms with van der Waals surface area (Å²) in [6.07, 6.45) is -2.98. The molecule has 1 aliphatic heterocycles. The van der Waals surface area contributed by atoms with Gasteiger partial charge in [0, 0.05) is 30.8 Å². The summed E-state index contributed by atoms with van der Waals surface area (Å²) in [5, 5.41) is 3.63. The first-order valence-electron chi connectivity index (χ1n) is 10.8. The SMILES string of the molecule is Cc1oncc1C(=O)Cc1ccc2nc(-c3ccc(N4CCOCC4)c(C(F)(F)F)c3)[nH]c2c1. The van der Waals surface area contributed by atoms with Crippen molar-refractivity contribution < 1.29 is 27.2 Å². The van der Waals surface area contributed by atoms with E-state index in [-0.39, 0.29) is 17.9 Å². The van der Waals surface area contributed by atoms with Gasteiger partial charge in [-0.15, -0.1) is 0 Å². The Kier molecular flexibility index (Phi) is 5.60. The van der Waals surface area contributed by atoms with Gasteiger partial charge >= 0.3 is 6.18 Å². The third-order valence-electron chi connectivity index (χ3n) is 5.89. The number of benzene rings is 2. The first kappa shape index (κ1) is 22.1. The van der Waals surface area contributed by atoms with Crippen LogP contribution in [0.5, 0.6) is 0 Å². The van der Waals surface area contributed by atoms with Crippen LogP contribution in [0.4, 0.5) is 18.9 Å². The van der Waals surface area contributed by atoms with Crippen molar-refractivity contribution in [2.45, 2.75) is 19.5 Å². The number of nitrogens with zero attached hydrogens (tertiary/aromatic N) is 3.